The van der Waals surface area contributed by atoms with Crippen molar-refractivity contribution in [1.29, 1.82) is 0 Å². The molecular formula is C19H32O2. The van der Waals surface area contributed by atoms with Gasteiger partial charge >= 0.3 is 5.97 Å². The van der Waals surface area contributed by atoms with Gasteiger partial charge < -0.3 is 4.74 Å². The Morgan fingerprint density at radius 3 is 1.90 bits per heavy atom. The number of hydrogen-bond acceptors (Lipinski definition) is 2. The lowest BCUT2D eigenvalue weighted by atomic mass is 10.1. The second-order valence-electron chi connectivity index (χ2n) is 5.16. The maximum absolute atomic E-state index is 10.9. The molecule has 0 aliphatic heterocycles. The van der Waals surface area contributed by atoms with Crippen LogP contribution in [0.5, 0.6) is 0 Å². The van der Waals surface area contributed by atoms with Crippen LogP contribution in [0.4, 0.5) is 0 Å². The topological polar surface area (TPSA) is 26.3 Å². The minimum atomic E-state index is -0.0998. The van der Waals surface area contributed by atoms with Crippen molar-refractivity contribution in [2.45, 2.75) is 71.1 Å². The third-order valence-electron chi connectivity index (χ3n) is 3.23. The molecule has 0 atom stereocenters. The number of esters is 1. The smallest absolute Gasteiger partial charge is 0.305 e. The van der Waals surface area contributed by atoms with E-state index in [-0.39, 0.29) is 5.97 Å². The Morgan fingerprint density at radius 2 is 1.33 bits per heavy atom. The Morgan fingerprint density at radius 1 is 0.810 bits per heavy atom. The van der Waals surface area contributed by atoms with Crippen LogP contribution in [-0.2, 0) is 9.53 Å². The Labute approximate surface area is 131 Å². The standard InChI is InChI=1S/C19H32O2/c1-3-4-5-6-7-8-9-10-11-12-13-14-15-16-17-18-19(20)21-2/h4-5,7-8,13-14H,3,6,9-12,15-18H2,1-2H3/b5-4-,8-7-,14-13-. The first-order chi connectivity index (χ1) is 10.3. The summed E-state index contributed by atoms with van der Waals surface area (Å²) in [6.07, 6.45) is 24.2. The molecule has 0 aromatic rings. The summed E-state index contributed by atoms with van der Waals surface area (Å²) in [6.45, 7) is 2.16. The highest BCUT2D eigenvalue weighted by molar-refractivity contribution is 5.68. The molecule has 0 N–H and O–H groups in total. The molecule has 0 spiro atoms. The molecule has 120 valence electrons. The Balaban J connectivity index is 3.25. The van der Waals surface area contributed by atoms with E-state index in [1.165, 1.54) is 32.8 Å². The Bertz CT molecular complexity index is 314. The summed E-state index contributed by atoms with van der Waals surface area (Å²) in [6, 6.07) is 0. The number of carbonyl (C=O) groups excluding carboxylic acids is 1. The van der Waals surface area contributed by atoms with Crippen LogP contribution in [0.1, 0.15) is 71.1 Å². The van der Waals surface area contributed by atoms with E-state index in [2.05, 4.69) is 48.1 Å². The maximum atomic E-state index is 10.9. The van der Waals surface area contributed by atoms with E-state index >= 15 is 0 Å². The van der Waals surface area contributed by atoms with E-state index in [0.29, 0.717) is 6.42 Å². The predicted molar refractivity (Wildman–Crippen MR) is 91.3 cm³/mol. The number of methoxy groups -OCH3 is 1. The van der Waals surface area contributed by atoms with Crippen LogP contribution < -0.4 is 0 Å². The molecule has 0 rings (SSSR count). The normalized spacial score (nSPS) is 11.9. The molecule has 0 heterocycles. The van der Waals surface area contributed by atoms with Crippen LogP contribution in [0.25, 0.3) is 0 Å². The highest BCUT2D eigenvalue weighted by Crippen LogP contribution is 2.05. The first kappa shape index (κ1) is 19.7. The number of carbonyl (C=O) groups is 1. The van der Waals surface area contributed by atoms with Gasteiger partial charge in [0.25, 0.3) is 0 Å². The third kappa shape index (κ3) is 16.6. The average molecular weight is 292 g/mol. The molecular weight excluding hydrogens is 260 g/mol. The Kier molecular flexibility index (Phi) is 15.7. The molecule has 0 aromatic heterocycles. The van der Waals surface area contributed by atoms with E-state index in [4.69, 9.17) is 0 Å². The van der Waals surface area contributed by atoms with E-state index in [0.717, 1.165) is 32.1 Å². The lowest BCUT2D eigenvalue weighted by Gasteiger charge is -1.97. The van der Waals surface area contributed by atoms with Gasteiger partial charge in [-0.25, -0.2) is 0 Å². The second-order valence-corrected chi connectivity index (χ2v) is 5.16. The van der Waals surface area contributed by atoms with Gasteiger partial charge in [-0.1, -0.05) is 43.4 Å². The number of hydrogen-bond donors (Lipinski definition) is 0. The lowest BCUT2D eigenvalue weighted by molar-refractivity contribution is -0.140. The molecule has 0 aliphatic carbocycles. The largest absolute Gasteiger partial charge is 0.469 e. The molecule has 0 amide bonds. The molecule has 0 aromatic carbocycles. The zero-order chi connectivity index (χ0) is 15.6. The van der Waals surface area contributed by atoms with Crippen molar-refractivity contribution < 1.29 is 9.53 Å². The minimum absolute atomic E-state index is 0.0998. The zero-order valence-electron chi connectivity index (χ0n) is 13.9. The van der Waals surface area contributed by atoms with Gasteiger partial charge in [0.05, 0.1) is 7.11 Å². The molecule has 0 unspecified atom stereocenters. The van der Waals surface area contributed by atoms with E-state index in [9.17, 15) is 4.79 Å². The molecule has 2 nitrogen and oxygen atoms in total. The van der Waals surface area contributed by atoms with Gasteiger partial charge in [0.2, 0.25) is 0 Å². The van der Waals surface area contributed by atoms with Crippen molar-refractivity contribution in [3.8, 4) is 0 Å². The van der Waals surface area contributed by atoms with Crippen molar-refractivity contribution in [2.24, 2.45) is 0 Å². The van der Waals surface area contributed by atoms with Crippen LogP contribution >= 0.6 is 0 Å². The van der Waals surface area contributed by atoms with Crippen molar-refractivity contribution >= 4 is 5.97 Å². The van der Waals surface area contributed by atoms with Gasteiger partial charge in [0, 0.05) is 6.42 Å². The Hall–Kier alpha value is -1.31. The van der Waals surface area contributed by atoms with Gasteiger partial charge in [0.15, 0.2) is 0 Å². The highest BCUT2D eigenvalue weighted by atomic mass is 16.5. The fraction of sp³-hybridized carbons (Fsp3) is 0.632. The van der Waals surface area contributed by atoms with Gasteiger partial charge in [-0.2, -0.15) is 0 Å². The molecule has 0 fully saturated rings. The summed E-state index contributed by atoms with van der Waals surface area (Å²) in [5.74, 6) is -0.0998. The molecule has 21 heavy (non-hydrogen) atoms. The number of allylic oxidation sites excluding steroid dienone is 6. The molecule has 0 saturated heterocycles. The first-order valence-electron chi connectivity index (χ1n) is 8.33. The fourth-order valence-corrected chi connectivity index (χ4v) is 1.95. The van der Waals surface area contributed by atoms with E-state index in [1.807, 2.05) is 0 Å². The highest BCUT2D eigenvalue weighted by Gasteiger charge is 1.97. The van der Waals surface area contributed by atoms with Crippen LogP contribution in [0.2, 0.25) is 0 Å². The van der Waals surface area contributed by atoms with Crippen molar-refractivity contribution in [3.63, 3.8) is 0 Å². The monoisotopic (exact) mass is 292 g/mol. The fourth-order valence-electron chi connectivity index (χ4n) is 1.95. The SMILES string of the molecule is CC/C=C\C/C=C\CCCC/C=C\CCCCC(=O)OC. The summed E-state index contributed by atoms with van der Waals surface area (Å²) < 4.78 is 4.60. The molecule has 0 aliphatic rings. The minimum Gasteiger partial charge on any atom is -0.469 e. The first-order valence-corrected chi connectivity index (χ1v) is 8.33. The second kappa shape index (κ2) is 16.7. The van der Waals surface area contributed by atoms with Crippen LogP contribution in [0.3, 0.4) is 0 Å². The summed E-state index contributed by atoms with van der Waals surface area (Å²) in [4.78, 5) is 10.9. The van der Waals surface area contributed by atoms with Crippen LogP contribution in [0.15, 0.2) is 36.5 Å². The number of rotatable bonds is 13. The van der Waals surface area contributed by atoms with Gasteiger partial charge in [-0.15, -0.1) is 0 Å². The van der Waals surface area contributed by atoms with Gasteiger partial charge in [0.1, 0.15) is 0 Å². The number of unbranched alkanes of at least 4 members (excludes halogenated alkanes) is 5. The zero-order valence-corrected chi connectivity index (χ0v) is 13.9. The summed E-state index contributed by atoms with van der Waals surface area (Å²) in [5, 5.41) is 0. The predicted octanol–water partition coefficient (Wildman–Crippen LogP) is 5.75. The summed E-state index contributed by atoms with van der Waals surface area (Å²) in [5.41, 5.74) is 0. The molecule has 0 radical (unpaired) electrons. The summed E-state index contributed by atoms with van der Waals surface area (Å²) in [7, 11) is 1.44. The van der Waals surface area contributed by atoms with Crippen LogP contribution in [0, 0.1) is 0 Å². The van der Waals surface area contributed by atoms with E-state index in [1.54, 1.807) is 0 Å². The van der Waals surface area contributed by atoms with Gasteiger partial charge in [-0.3, -0.25) is 4.79 Å². The number of ether oxygens (including phenoxy) is 1. The van der Waals surface area contributed by atoms with E-state index < -0.39 is 0 Å². The van der Waals surface area contributed by atoms with Crippen LogP contribution in [-0.4, -0.2) is 13.1 Å². The molecule has 2 heteroatoms. The quantitative estimate of drug-likeness (QED) is 0.245. The lowest BCUT2D eigenvalue weighted by Crippen LogP contribution is -1.98. The van der Waals surface area contributed by atoms with Crippen molar-refractivity contribution in [1.82, 2.24) is 0 Å². The third-order valence-corrected chi connectivity index (χ3v) is 3.23. The maximum Gasteiger partial charge on any atom is 0.305 e. The van der Waals surface area contributed by atoms with Crippen molar-refractivity contribution in [3.05, 3.63) is 36.5 Å². The summed E-state index contributed by atoms with van der Waals surface area (Å²) >= 11 is 0. The van der Waals surface area contributed by atoms with Crippen molar-refractivity contribution in [2.75, 3.05) is 7.11 Å². The molecule has 0 bridgehead atoms. The molecule has 0 saturated carbocycles. The van der Waals surface area contributed by atoms with Gasteiger partial charge in [-0.05, 0) is 57.8 Å². The average Bonchev–Trinajstić information content (AvgIpc) is 2.50.